The van der Waals surface area contributed by atoms with Crippen molar-refractivity contribution in [1.29, 1.82) is 0 Å². The summed E-state index contributed by atoms with van der Waals surface area (Å²) in [6.07, 6.45) is 0. The zero-order chi connectivity index (χ0) is 18.4. The van der Waals surface area contributed by atoms with E-state index in [1.54, 1.807) is 18.7 Å². The van der Waals surface area contributed by atoms with Crippen molar-refractivity contribution in [3.8, 4) is 11.4 Å². The predicted molar refractivity (Wildman–Crippen MR) is 95.4 cm³/mol. The highest BCUT2D eigenvalue weighted by Crippen LogP contribution is 2.21. The fourth-order valence-electron chi connectivity index (χ4n) is 2.55. The predicted octanol–water partition coefficient (Wildman–Crippen LogP) is 3.11. The fraction of sp³-hybridized carbons (Fsp3) is 0.368. The van der Waals surface area contributed by atoms with Gasteiger partial charge in [0.2, 0.25) is 0 Å². The van der Waals surface area contributed by atoms with Gasteiger partial charge in [0.15, 0.2) is 5.82 Å². The molecule has 0 saturated heterocycles. The molecule has 0 saturated carbocycles. The maximum absolute atomic E-state index is 12.9. The van der Waals surface area contributed by atoms with E-state index in [2.05, 4.69) is 9.97 Å². The number of hydrogen-bond donors (Lipinski definition) is 0. The number of rotatable bonds is 6. The Bertz CT molecular complexity index is 756. The number of esters is 1. The number of benzene rings is 1. The lowest BCUT2D eigenvalue weighted by molar-refractivity contribution is 0.0516. The first-order valence-corrected chi connectivity index (χ1v) is 8.43. The van der Waals surface area contributed by atoms with Gasteiger partial charge in [0.1, 0.15) is 11.3 Å². The molecule has 25 heavy (non-hydrogen) atoms. The first-order chi connectivity index (χ1) is 12.0. The molecule has 1 aromatic carbocycles. The van der Waals surface area contributed by atoms with Gasteiger partial charge in [-0.3, -0.25) is 4.79 Å². The number of aromatic nitrogens is 2. The van der Waals surface area contributed by atoms with Gasteiger partial charge in [-0.25, -0.2) is 14.8 Å². The summed E-state index contributed by atoms with van der Waals surface area (Å²) in [4.78, 5) is 35.7. The van der Waals surface area contributed by atoms with Gasteiger partial charge in [0, 0.05) is 18.7 Å². The lowest BCUT2D eigenvalue weighted by Crippen LogP contribution is -2.33. The van der Waals surface area contributed by atoms with Gasteiger partial charge in [-0.2, -0.15) is 0 Å². The number of nitrogens with zero attached hydrogens (tertiary/aromatic N) is 3. The van der Waals surface area contributed by atoms with Crippen molar-refractivity contribution in [2.24, 2.45) is 0 Å². The van der Waals surface area contributed by atoms with Crippen molar-refractivity contribution in [1.82, 2.24) is 14.9 Å². The van der Waals surface area contributed by atoms with Crippen LogP contribution in [0.25, 0.3) is 11.4 Å². The summed E-state index contributed by atoms with van der Waals surface area (Å²) in [5.74, 6) is -0.451. The minimum Gasteiger partial charge on any atom is -0.462 e. The maximum Gasteiger partial charge on any atom is 0.342 e. The molecule has 0 radical (unpaired) electrons. The Morgan fingerprint density at radius 1 is 1.04 bits per heavy atom. The number of ether oxygens (including phenoxy) is 1. The highest BCUT2D eigenvalue weighted by atomic mass is 16.5. The van der Waals surface area contributed by atoms with Crippen LogP contribution in [-0.4, -0.2) is 46.4 Å². The minimum atomic E-state index is -0.574. The van der Waals surface area contributed by atoms with Crippen LogP contribution in [0.1, 0.15) is 47.3 Å². The van der Waals surface area contributed by atoms with Gasteiger partial charge in [-0.1, -0.05) is 30.3 Å². The molecule has 0 spiro atoms. The number of carbonyl (C=O) groups is 2. The van der Waals surface area contributed by atoms with E-state index in [0.29, 0.717) is 24.6 Å². The van der Waals surface area contributed by atoms with E-state index in [-0.39, 0.29) is 23.8 Å². The van der Waals surface area contributed by atoms with Crippen LogP contribution in [0.15, 0.2) is 30.3 Å². The number of aryl methyl sites for hydroxylation is 1. The third kappa shape index (κ3) is 4.02. The normalized spacial score (nSPS) is 10.4. The van der Waals surface area contributed by atoms with Crippen LogP contribution in [0.4, 0.5) is 0 Å². The summed E-state index contributed by atoms with van der Waals surface area (Å²) in [6, 6.07) is 9.37. The molecule has 0 bridgehead atoms. The largest absolute Gasteiger partial charge is 0.462 e. The summed E-state index contributed by atoms with van der Waals surface area (Å²) in [7, 11) is 0. The Hall–Kier alpha value is -2.76. The van der Waals surface area contributed by atoms with Gasteiger partial charge in [-0.05, 0) is 27.7 Å². The first-order valence-electron chi connectivity index (χ1n) is 8.43. The van der Waals surface area contributed by atoms with E-state index in [1.807, 2.05) is 44.2 Å². The third-order valence-electron chi connectivity index (χ3n) is 3.85. The number of hydrogen-bond acceptors (Lipinski definition) is 5. The smallest absolute Gasteiger partial charge is 0.342 e. The quantitative estimate of drug-likeness (QED) is 0.755. The average molecular weight is 341 g/mol. The molecule has 6 heteroatoms. The monoisotopic (exact) mass is 341 g/mol. The maximum atomic E-state index is 12.9. The van der Waals surface area contributed by atoms with Gasteiger partial charge in [0.25, 0.3) is 5.91 Å². The summed E-state index contributed by atoms with van der Waals surface area (Å²) < 4.78 is 5.10. The molecular weight excluding hydrogens is 318 g/mol. The van der Waals surface area contributed by atoms with E-state index in [4.69, 9.17) is 4.74 Å². The van der Waals surface area contributed by atoms with E-state index in [9.17, 15) is 9.59 Å². The van der Waals surface area contributed by atoms with Crippen LogP contribution in [0.5, 0.6) is 0 Å². The van der Waals surface area contributed by atoms with Crippen LogP contribution >= 0.6 is 0 Å². The Balaban J connectivity index is 2.64. The second kappa shape index (κ2) is 8.37. The van der Waals surface area contributed by atoms with Gasteiger partial charge >= 0.3 is 5.97 Å². The summed E-state index contributed by atoms with van der Waals surface area (Å²) >= 11 is 0. The zero-order valence-electron chi connectivity index (χ0n) is 15.1. The molecule has 132 valence electrons. The van der Waals surface area contributed by atoms with Gasteiger partial charge < -0.3 is 9.64 Å². The lowest BCUT2D eigenvalue weighted by atomic mass is 10.1. The molecule has 1 heterocycles. The van der Waals surface area contributed by atoms with Gasteiger partial charge in [-0.15, -0.1) is 0 Å². The Labute approximate surface area is 147 Å². The van der Waals surface area contributed by atoms with E-state index in [0.717, 1.165) is 5.56 Å². The summed E-state index contributed by atoms with van der Waals surface area (Å²) in [5, 5.41) is 0. The number of carbonyl (C=O) groups excluding carboxylic acids is 2. The van der Waals surface area contributed by atoms with Crippen LogP contribution in [0.2, 0.25) is 0 Å². The molecule has 1 aromatic heterocycles. The molecule has 0 atom stereocenters. The molecule has 0 aliphatic heterocycles. The fourth-order valence-corrected chi connectivity index (χ4v) is 2.55. The Morgan fingerprint density at radius 3 is 2.24 bits per heavy atom. The van der Waals surface area contributed by atoms with Crippen molar-refractivity contribution in [3.05, 3.63) is 47.3 Å². The van der Waals surface area contributed by atoms with Crippen LogP contribution in [0, 0.1) is 6.92 Å². The second-order valence-corrected chi connectivity index (χ2v) is 5.42. The summed E-state index contributed by atoms with van der Waals surface area (Å²) in [5.41, 5.74) is 1.45. The van der Waals surface area contributed by atoms with Crippen molar-refractivity contribution in [2.45, 2.75) is 27.7 Å². The highest BCUT2D eigenvalue weighted by Gasteiger charge is 2.27. The molecule has 1 amide bonds. The molecule has 2 rings (SSSR count). The molecular formula is C19H23N3O3. The van der Waals surface area contributed by atoms with E-state index in [1.165, 1.54) is 0 Å². The zero-order valence-corrected chi connectivity index (χ0v) is 15.1. The molecule has 0 unspecified atom stereocenters. The molecule has 0 aliphatic rings. The average Bonchev–Trinajstić information content (AvgIpc) is 2.62. The molecule has 0 N–H and O–H groups in total. The topological polar surface area (TPSA) is 72.4 Å². The van der Waals surface area contributed by atoms with Crippen LogP contribution in [0.3, 0.4) is 0 Å². The number of amides is 1. The van der Waals surface area contributed by atoms with E-state index < -0.39 is 5.97 Å². The van der Waals surface area contributed by atoms with E-state index >= 15 is 0 Å². The molecule has 0 fully saturated rings. The van der Waals surface area contributed by atoms with Crippen LogP contribution in [-0.2, 0) is 4.74 Å². The van der Waals surface area contributed by atoms with Crippen LogP contribution < -0.4 is 0 Å². The standard InChI is InChI=1S/C19H23N3O3/c1-5-22(6-2)18(23)16-15(19(24)25-7-3)13(4)20-17(21-16)14-11-9-8-10-12-14/h8-12H,5-7H2,1-4H3. The Kier molecular flexibility index (Phi) is 6.22. The Morgan fingerprint density at radius 2 is 1.68 bits per heavy atom. The lowest BCUT2D eigenvalue weighted by Gasteiger charge is -2.20. The van der Waals surface area contributed by atoms with Crippen molar-refractivity contribution >= 4 is 11.9 Å². The minimum absolute atomic E-state index is 0.0912. The highest BCUT2D eigenvalue weighted by molar-refractivity contribution is 6.04. The second-order valence-electron chi connectivity index (χ2n) is 5.42. The van der Waals surface area contributed by atoms with Gasteiger partial charge in [0.05, 0.1) is 12.3 Å². The molecule has 0 aliphatic carbocycles. The SMILES string of the molecule is CCOC(=O)c1c(C)nc(-c2ccccc2)nc1C(=O)N(CC)CC. The molecule has 2 aromatic rings. The summed E-state index contributed by atoms with van der Waals surface area (Å²) in [6.45, 7) is 8.47. The molecule has 6 nitrogen and oxygen atoms in total. The third-order valence-corrected chi connectivity index (χ3v) is 3.85. The van der Waals surface area contributed by atoms with Crippen molar-refractivity contribution < 1.29 is 14.3 Å². The first kappa shape index (κ1) is 18.6. The van der Waals surface area contributed by atoms with Crippen molar-refractivity contribution in [3.63, 3.8) is 0 Å². The van der Waals surface area contributed by atoms with Crippen molar-refractivity contribution in [2.75, 3.05) is 19.7 Å².